The van der Waals surface area contributed by atoms with E-state index in [-0.39, 0.29) is 17.0 Å². The molecule has 15 heavy (non-hydrogen) atoms. The molecule has 0 atom stereocenters. The molecular weight excluding hydrogens is 200 g/mol. The van der Waals surface area contributed by atoms with Gasteiger partial charge in [-0.25, -0.2) is 4.79 Å². The highest BCUT2D eigenvalue weighted by Gasteiger charge is 2.06. The summed E-state index contributed by atoms with van der Waals surface area (Å²) < 4.78 is 0. The lowest BCUT2D eigenvalue weighted by atomic mass is 10.2. The minimum Gasteiger partial charge on any atom is -0.504 e. The first-order chi connectivity index (χ1) is 6.58. The summed E-state index contributed by atoms with van der Waals surface area (Å²) in [6, 6.07) is 2.62. The number of phenols is 2. The minimum atomic E-state index is -0.472. The number of hydrogen-bond donors (Lipinski definition) is 3. The van der Waals surface area contributed by atoms with E-state index in [2.05, 4.69) is 9.97 Å². The van der Waals surface area contributed by atoms with Gasteiger partial charge in [-0.2, -0.15) is 4.98 Å². The van der Waals surface area contributed by atoms with Crippen molar-refractivity contribution >= 4 is 10.9 Å². The summed E-state index contributed by atoms with van der Waals surface area (Å²) in [7, 11) is 0. The first kappa shape index (κ1) is 11.0. The highest BCUT2D eigenvalue weighted by Crippen LogP contribution is 2.29. The third kappa shape index (κ3) is 1.75. The molecule has 6 nitrogen and oxygen atoms in total. The third-order valence-electron chi connectivity index (χ3n) is 2.01. The van der Waals surface area contributed by atoms with E-state index < -0.39 is 5.69 Å². The van der Waals surface area contributed by atoms with Crippen molar-refractivity contribution in [3.05, 3.63) is 28.3 Å². The van der Waals surface area contributed by atoms with Crippen LogP contribution in [0.3, 0.4) is 0 Å². The lowest BCUT2D eigenvalue weighted by Crippen LogP contribution is -2.11. The molecule has 0 saturated heterocycles. The monoisotopic (exact) mass is 210 g/mol. The number of aromatic amines is 1. The van der Waals surface area contributed by atoms with Crippen molar-refractivity contribution in [1.82, 2.24) is 9.97 Å². The molecule has 0 aliphatic heterocycles. The van der Waals surface area contributed by atoms with Crippen molar-refractivity contribution in [2.24, 2.45) is 0 Å². The molecule has 1 heterocycles. The summed E-state index contributed by atoms with van der Waals surface area (Å²) in [5, 5.41) is 19.0. The molecular formula is C9H10N2O4. The zero-order chi connectivity index (χ0) is 10.3. The molecule has 5 N–H and O–H groups in total. The summed E-state index contributed by atoms with van der Waals surface area (Å²) in [5.41, 5.74) is 0.497. The maximum absolute atomic E-state index is 11.0. The van der Waals surface area contributed by atoms with Gasteiger partial charge in [0.2, 0.25) is 0 Å². The molecule has 2 aromatic rings. The predicted octanol–water partition coefficient (Wildman–Crippen LogP) is -0.182. The molecule has 0 spiro atoms. The van der Waals surface area contributed by atoms with Crippen LogP contribution in [0.4, 0.5) is 0 Å². The largest absolute Gasteiger partial charge is 0.504 e. The van der Waals surface area contributed by atoms with Gasteiger partial charge in [0.15, 0.2) is 11.5 Å². The number of aryl methyl sites for hydroxylation is 1. The van der Waals surface area contributed by atoms with E-state index in [1.165, 1.54) is 12.1 Å². The van der Waals surface area contributed by atoms with Gasteiger partial charge in [-0.3, -0.25) is 0 Å². The van der Waals surface area contributed by atoms with Gasteiger partial charge in [-0.1, -0.05) is 0 Å². The Kier molecular flexibility index (Phi) is 2.63. The number of hydrogen-bond acceptors (Lipinski definition) is 4. The minimum absolute atomic E-state index is 0. The van der Waals surface area contributed by atoms with Crippen LogP contribution in [0.2, 0.25) is 0 Å². The van der Waals surface area contributed by atoms with Crippen molar-refractivity contribution in [1.29, 1.82) is 0 Å². The van der Waals surface area contributed by atoms with E-state index in [9.17, 15) is 15.0 Å². The van der Waals surface area contributed by atoms with Gasteiger partial charge in [0.1, 0.15) is 0 Å². The normalized spacial score (nSPS) is 9.93. The predicted molar refractivity (Wildman–Crippen MR) is 54.0 cm³/mol. The van der Waals surface area contributed by atoms with E-state index in [0.717, 1.165) is 0 Å². The maximum Gasteiger partial charge on any atom is 0.345 e. The van der Waals surface area contributed by atoms with Gasteiger partial charge >= 0.3 is 5.69 Å². The number of rotatable bonds is 0. The Hall–Kier alpha value is -2.08. The van der Waals surface area contributed by atoms with Crippen molar-refractivity contribution in [3.8, 4) is 11.5 Å². The van der Waals surface area contributed by atoms with Crippen LogP contribution < -0.4 is 5.69 Å². The summed E-state index contributed by atoms with van der Waals surface area (Å²) in [6.07, 6.45) is 0. The standard InChI is InChI=1S/C9H8N2O3.H2O/c1-4-5-2-7(12)8(13)3-6(5)11-9(14)10-4;/h2-3,12-13H,1H3,(H,10,11,14);1H2. The lowest BCUT2D eigenvalue weighted by Gasteiger charge is -2.02. The van der Waals surface area contributed by atoms with Crippen LogP contribution in [0.15, 0.2) is 16.9 Å². The molecule has 80 valence electrons. The lowest BCUT2D eigenvalue weighted by molar-refractivity contribution is 0.404. The van der Waals surface area contributed by atoms with Crippen molar-refractivity contribution in [2.45, 2.75) is 6.92 Å². The molecule has 0 aliphatic carbocycles. The van der Waals surface area contributed by atoms with Crippen LogP contribution in [0, 0.1) is 6.92 Å². The van der Waals surface area contributed by atoms with Gasteiger partial charge < -0.3 is 20.7 Å². The number of benzene rings is 1. The number of nitrogens with zero attached hydrogens (tertiary/aromatic N) is 1. The first-order valence-corrected chi connectivity index (χ1v) is 4.00. The molecule has 0 bridgehead atoms. The Balaban J connectivity index is 0.00000112. The SMILES string of the molecule is Cc1[nH]c(=O)nc2cc(O)c(O)cc12.O. The molecule has 2 rings (SSSR count). The number of phenolic OH excluding ortho intramolecular Hbond substituents is 2. The molecule has 6 heteroatoms. The topological polar surface area (TPSA) is 118 Å². The maximum atomic E-state index is 11.0. The Morgan fingerprint density at radius 2 is 1.87 bits per heavy atom. The van der Waals surface area contributed by atoms with Gasteiger partial charge in [0.05, 0.1) is 5.52 Å². The molecule has 0 amide bonds. The second-order valence-corrected chi connectivity index (χ2v) is 3.03. The smallest absolute Gasteiger partial charge is 0.345 e. The van der Waals surface area contributed by atoms with Crippen LogP contribution >= 0.6 is 0 Å². The summed E-state index contributed by atoms with van der Waals surface area (Å²) in [4.78, 5) is 17.1. The highest BCUT2D eigenvalue weighted by atomic mass is 16.3. The number of nitrogens with one attached hydrogen (secondary N) is 1. The second kappa shape index (κ2) is 3.58. The number of aromatic nitrogens is 2. The number of fused-ring (bicyclic) bond motifs is 1. The fourth-order valence-electron chi connectivity index (χ4n) is 1.32. The average molecular weight is 210 g/mol. The van der Waals surface area contributed by atoms with E-state index in [1.807, 2.05) is 0 Å². The zero-order valence-electron chi connectivity index (χ0n) is 7.90. The summed E-state index contributed by atoms with van der Waals surface area (Å²) in [6.45, 7) is 1.70. The molecule has 1 aromatic heterocycles. The van der Waals surface area contributed by atoms with Crippen molar-refractivity contribution in [3.63, 3.8) is 0 Å². The third-order valence-corrected chi connectivity index (χ3v) is 2.01. The van der Waals surface area contributed by atoms with E-state index >= 15 is 0 Å². The fourth-order valence-corrected chi connectivity index (χ4v) is 1.32. The number of H-pyrrole nitrogens is 1. The quantitative estimate of drug-likeness (QED) is 0.522. The van der Waals surface area contributed by atoms with Gasteiger partial charge in [-0.05, 0) is 13.0 Å². The Morgan fingerprint density at radius 1 is 1.27 bits per heavy atom. The first-order valence-electron chi connectivity index (χ1n) is 4.00. The van der Waals surface area contributed by atoms with E-state index in [4.69, 9.17) is 0 Å². The Bertz CT molecular complexity index is 562. The van der Waals surface area contributed by atoms with E-state index in [1.54, 1.807) is 6.92 Å². The van der Waals surface area contributed by atoms with Gasteiger partial charge in [0.25, 0.3) is 0 Å². The number of aromatic hydroxyl groups is 2. The van der Waals surface area contributed by atoms with Crippen LogP contribution in [-0.2, 0) is 0 Å². The van der Waals surface area contributed by atoms with Crippen LogP contribution in [-0.4, -0.2) is 25.7 Å². The van der Waals surface area contributed by atoms with Gasteiger partial charge in [-0.15, -0.1) is 0 Å². The average Bonchev–Trinajstić information content (AvgIpc) is 2.08. The van der Waals surface area contributed by atoms with Crippen LogP contribution in [0.1, 0.15) is 5.69 Å². The molecule has 0 saturated carbocycles. The fraction of sp³-hybridized carbons (Fsp3) is 0.111. The van der Waals surface area contributed by atoms with Crippen molar-refractivity contribution < 1.29 is 15.7 Å². The Labute approximate surface area is 84.1 Å². The summed E-state index contributed by atoms with van der Waals surface area (Å²) >= 11 is 0. The molecule has 0 unspecified atom stereocenters. The van der Waals surface area contributed by atoms with Gasteiger partial charge in [0, 0.05) is 17.1 Å². The zero-order valence-corrected chi connectivity index (χ0v) is 7.90. The molecule has 0 fully saturated rings. The van der Waals surface area contributed by atoms with Crippen molar-refractivity contribution in [2.75, 3.05) is 0 Å². The Morgan fingerprint density at radius 3 is 2.53 bits per heavy atom. The van der Waals surface area contributed by atoms with E-state index in [0.29, 0.717) is 16.6 Å². The highest BCUT2D eigenvalue weighted by molar-refractivity contribution is 5.83. The molecule has 1 aromatic carbocycles. The molecule has 0 radical (unpaired) electrons. The van der Waals surface area contributed by atoms with Crippen LogP contribution in [0.25, 0.3) is 10.9 Å². The second-order valence-electron chi connectivity index (χ2n) is 3.03. The van der Waals surface area contributed by atoms with Crippen LogP contribution in [0.5, 0.6) is 11.5 Å². The summed E-state index contributed by atoms with van der Waals surface area (Å²) in [5.74, 6) is -0.510. The molecule has 0 aliphatic rings.